The van der Waals surface area contributed by atoms with Crippen LogP contribution in [0.2, 0.25) is 0 Å². The topological polar surface area (TPSA) is 257 Å². The molecule has 11 N–H and O–H groups in total. The lowest BCUT2D eigenvalue weighted by Crippen LogP contribution is -2.52. The van der Waals surface area contributed by atoms with Crippen LogP contribution in [0.3, 0.4) is 0 Å². The number of aliphatic carboxylic acids is 2. The standard InChI is InChI=1S/C17H30N6O8S/c1-17(19,20)4-9(6-24)22-13(26)8-32-7-11(15(29)21-5-14(27)28)23-12(25)3-2-10(18)16(30)31/h6,9-11H,2-5,7-8,18-20H2,1H3,(H,21,29)(H,22,26)(H,23,25)(H,27,28)(H,30,31). The predicted octanol–water partition coefficient (Wildman–Crippen LogP) is -3.70. The van der Waals surface area contributed by atoms with Crippen molar-refractivity contribution < 1.29 is 39.0 Å². The first-order chi connectivity index (χ1) is 14.7. The summed E-state index contributed by atoms with van der Waals surface area (Å²) < 4.78 is 0. The van der Waals surface area contributed by atoms with Gasteiger partial charge in [0.05, 0.1) is 17.5 Å². The molecular weight excluding hydrogens is 448 g/mol. The number of aldehydes is 1. The number of nitrogens with two attached hydrogens (primary N) is 3. The number of amides is 3. The van der Waals surface area contributed by atoms with Gasteiger partial charge < -0.3 is 48.2 Å². The highest BCUT2D eigenvalue weighted by molar-refractivity contribution is 8.00. The molecule has 0 spiro atoms. The number of carbonyl (C=O) groups excluding carboxylic acids is 4. The Morgan fingerprint density at radius 1 is 1.09 bits per heavy atom. The van der Waals surface area contributed by atoms with E-state index in [0.717, 1.165) is 11.8 Å². The van der Waals surface area contributed by atoms with Crippen molar-refractivity contribution in [2.75, 3.05) is 18.1 Å². The Hall–Kier alpha value is -2.75. The quantitative estimate of drug-likeness (QED) is 0.0787. The zero-order valence-corrected chi connectivity index (χ0v) is 18.4. The van der Waals surface area contributed by atoms with Gasteiger partial charge in [0.15, 0.2) is 0 Å². The minimum Gasteiger partial charge on any atom is -0.480 e. The molecule has 0 bridgehead atoms. The fourth-order valence-electron chi connectivity index (χ4n) is 2.27. The fourth-order valence-corrected chi connectivity index (χ4v) is 3.13. The number of carboxylic acids is 2. The van der Waals surface area contributed by atoms with E-state index >= 15 is 0 Å². The normalized spacial score (nSPS) is 13.9. The molecule has 0 radical (unpaired) electrons. The molecule has 0 saturated carbocycles. The van der Waals surface area contributed by atoms with Crippen molar-refractivity contribution in [3.63, 3.8) is 0 Å². The lowest BCUT2D eigenvalue weighted by atomic mass is 10.1. The number of hydrogen-bond donors (Lipinski definition) is 8. The first kappa shape index (κ1) is 29.2. The molecule has 0 heterocycles. The van der Waals surface area contributed by atoms with Crippen molar-refractivity contribution in [1.82, 2.24) is 16.0 Å². The van der Waals surface area contributed by atoms with Gasteiger partial charge in [-0.1, -0.05) is 0 Å². The second-order valence-electron chi connectivity index (χ2n) is 7.25. The molecular formula is C17H30N6O8S. The molecule has 32 heavy (non-hydrogen) atoms. The molecule has 0 aromatic heterocycles. The summed E-state index contributed by atoms with van der Waals surface area (Å²) in [5.41, 5.74) is 15.4. The van der Waals surface area contributed by atoms with E-state index in [2.05, 4.69) is 16.0 Å². The Morgan fingerprint density at radius 3 is 2.22 bits per heavy atom. The van der Waals surface area contributed by atoms with Crippen LogP contribution in [0.15, 0.2) is 0 Å². The first-order valence-electron chi connectivity index (χ1n) is 9.42. The third-order valence-electron chi connectivity index (χ3n) is 3.75. The van der Waals surface area contributed by atoms with Crippen LogP contribution in [0.4, 0.5) is 0 Å². The first-order valence-corrected chi connectivity index (χ1v) is 10.6. The van der Waals surface area contributed by atoms with Gasteiger partial charge in [0.25, 0.3) is 0 Å². The zero-order chi connectivity index (χ0) is 24.9. The van der Waals surface area contributed by atoms with E-state index in [4.69, 9.17) is 27.4 Å². The number of hydrogen-bond acceptors (Lipinski definition) is 10. The maximum Gasteiger partial charge on any atom is 0.322 e. The Bertz CT molecular complexity index is 699. The van der Waals surface area contributed by atoms with Gasteiger partial charge in [0, 0.05) is 18.6 Å². The second-order valence-corrected chi connectivity index (χ2v) is 8.28. The molecule has 0 aromatic rings. The summed E-state index contributed by atoms with van der Waals surface area (Å²) in [4.78, 5) is 68.7. The van der Waals surface area contributed by atoms with Crippen LogP contribution in [0.1, 0.15) is 26.2 Å². The number of nitrogens with one attached hydrogen (secondary N) is 3. The van der Waals surface area contributed by atoms with Crippen molar-refractivity contribution >= 4 is 47.7 Å². The molecule has 0 aromatic carbocycles. The van der Waals surface area contributed by atoms with Gasteiger partial charge in [-0.15, -0.1) is 11.8 Å². The van der Waals surface area contributed by atoms with E-state index in [1.165, 1.54) is 6.92 Å². The molecule has 3 atom stereocenters. The largest absolute Gasteiger partial charge is 0.480 e. The van der Waals surface area contributed by atoms with Crippen molar-refractivity contribution in [2.45, 2.75) is 50.0 Å². The van der Waals surface area contributed by atoms with Crippen molar-refractivity contribution in [2.24, 2.45) is 17.2 Å². The van der Waals surface area contributed by atoms with Gasteiger partial charge >= 0.3 is 11.9 Å². The zero-order valence-electron chi connectivity index (χ0n) is 17.5. The van der Waals surface area contributed by atoms with Gasteiger partial charge in [0.1, 0.15) is 24.9 Å². The third kappa shape index (κ3) is 14.3. The molecule has 0 aliphatic heterocycles. The maximum absolute atomic E-state index is 12.2. The number of carboxylic acid groups (broad SMARTS) is 2. The van der Waals surface area contributed by atoms with Crippen LogP contribution < -0.4 is 33.2 Å². The Balaban J connectivity index is 4.81. The molecule has 0 rings (SSSR count). The van der Waals surface area contributed by atoms with Crippen LogP contribution in [0, 0.1) is 0 Å². The highest BCUT2D eigenvalue weighted by Crippen LogP contribution is 2.06. The third-order valence-corrected chi connectivity index (χ3v) is 4.79. The summed E-state index contributed by atoms with van der Waals surface area (Å²) >= 11 is 0.942. The van der Waals surface area contributed by atoms with Crippen LogP contribution in [0.25, 0.3) is 0 Å². The van der Waals surface area contributed by atoms with Gasteiger partial charge in [-0.25, -0.2) is 0 Å². The summed E-state index contributed by atoms with van der Waals surface area (Å²) in [6.07, 6.45) is 0.0418. The van der Waals surface area contributed by atoms with Crippen LogP contribution in [-0.4, -0.2) is 88.0 Å². The van der Waals surface area contributed by atoms with E-state index in [-0.39, 0.29) is 30.8 Å². The lowest BCUT2D eigenvalue weighted by Gasteiger charge is -2.23. The van der Waals surface area contributed by atoms with Gasteiger partial charge in [-0.05, 0) is 13.3 Å². The summed E-state index contributed by atoms with van der Waals surface area (Å²) in [6.45, 7) is 0.801. The Kier molecular flexibility index (Phi) is 13.1. The molecule has 0 fully saturated rings. The molecule has 0 saturated heterocycles. The highest BCUT2D eigenvalue weighted by atomic mass is 32.2. The monoisotopic (exact) mass is 478 g/mol. The second kappa shape index (κ2) is 14.3. The highest BCUT2D eigenvalue weighted by Gasteiger charge is 2.24. The van der Waals surface area contributed by atoms with E-state index in [1.807, 2.05) is 0 Å². The van der Waals surface area contributed by atoms with Crippen LogP contribution in [0.5, 0.6) is 0 Å². The number of carbonyl (C=O) groups is 6. The predicted molar refractivity (Wildman–Crippen MR) is 114 cm³/mol. The summed E-state index contributed by atoms with van der Waals surface area (Å²) in [7, 11) is 0. The minimum atomic E-state index is -1.30. The smallest absolute Gasteiger partial charge is 0.322 e. The average molecular weight is 479 g/mol. The van der Waals surface area contributed by atoms with Gasteiger partial charge in [-0.2, -0.15) is 0 Å². The summed E-state index contributed by atoms with van der Waals surface area (Å²) in [6, 6.07) is -3.36. The van der Waals surface area contributed by atoms with Crippen LogP contribution >= 0.6 is 11.8 Å². The fraction of sp³-hybridized carbons (Fsp3) is 0.647. The SMILES string of the molecule is CC(N)(N)CC(C=O)NC(=O)CSCC(NC(=O)CCC(N)C(=O)O)C(=O)NCC(=O)O. The van der Waals surface area contributed by atoms with E-state index < -0.39 is 60.0 Å². The number of thioether (sulfide) groups is 1. The molecule has 3 amide bonds. The van der Waals surface area contributed by atoms with Crippen molar-refractivity contribution in [3.05, 3.63) is 0 Å². The van der Waals surface area contributed by atoms with Crippen molar-refractivity contribution in [3.8, 4) is 0 Å². The van der Waals surface area contributed by atoms with Gasteiger partial charge in [-0.3, -0.25) is 24.0 Å². The Morgan fingerprint density at radius 2 is 1.72 bits per heavy atom. The minimum absolute atomic E-state index is 0.00165. The summed E-state index contributed by atoms with van der Waals surface area (Å²) in [5, 5.41) is 24.3. The molecule has 14 nitrogen and oxygen atoms in total. The number of rotatable bonds is 16. The van der Waals surface area contributed by atoms with E-state index in [0.29, 0.717) is 6.29 Å². The molecule has 182 valence electrons. The van der Waals surface area contributed by atoms with Gasteiger partial charge in [0.2, 0.25) is 17.7 Å². The lowest BCUT2D eigenvalue weighted by molar-refractivity contribution is -0.139. The van der Waals surface area contributed by atoms with E-state index in [1.54, 1.807) is 0 Å². The Labute approximate surface area is 188 Å². The molecule has 0 aliphatic rings. The molecule has 0 aliphatic carbocycles. The molecule has 3 unspecified atom stereocenters. The molecule has 15 heteroatoms. The van der Waals surface area contributed by atoms with E-state index in [9.17, 15) is 28.8 Å². The summed E-state index contributed by atoms with van der Waals surface area (Å²) in [5.74, 6) is -4.88. The van der Waals surface area contributed by atoms with Crippen molar-refractivity contribution in [1.29, 1.82) is 0 Å². The van der Waals surface area contributed by atoms with Crippen LogP contribution in [-0.2, 0) is 28.8 Å². The average Bonchev–Trinajstić information content (AvgIpc) is 2.67. The maximum atomic E-state index is 12.2.